The summed E-state index contributed by atoms with van der Waals surface area (Å²) >= 11 is 0. The molecule has 0 aromatic heterocycles. The highest BCUT2D eigenvalue weighted by Gasteiger charge is 2.09. The highest BCUT2D eigenvalue weighted by molar-refractivity contribution is 5.78. The quantitative estimate of drug-likeness (QED) is 0.726. The Balaban J connectivity index is 3.76. The number of nitrogens with one attached hydrogen (secondary N) is 1. The number of carbonyl (C=O) groups is 2. The van der Waals surface area contributed by atoms with Gasteiger partial charge < -0.3 is 15.1 Å². The fourth-order valence-electron chi connectivity index (χ4n) is 1.17. The van der Waals surface area contributed by atoms with Gasteiger partial charge >= 0.3 is 6.03 Å². The minimum Gasteiger partial charge on any atom is -0.343 e. The van der Waals surface area contributed by atoms with Crippen molar-refractivity contribution in [2.75, 3.05) is 33.7 Å². The molecule has 15 heavy (non-hydrogen) atoms. The van der Waals surface area contributed by atoms with Crippen molar-refractivity contribution in [3.8, 4) is 0 Å². The zero-order valence-electron chi connectivity index (χ0n) is 10.0. The van der Waals surface area contributed by atoms with Gasteiger partial charge in [-0.15, -0.1) is 0 Å². The maximum absolute atomic E-state index is 11.5. The number of nitrogens with zero attached hydrogens (tertiary/aromatic N) is 2. The third-order valence-electron chi connectivity index (χ3n) is 2.14. The second kappa shape index (κ2) is 7.09. The third kappa shape index (κ3) is 5.24. The van der Waals surface area contributed by atoms with E-state index in [1.165, 1.54) is 4.90 Å². The van der Waals surface area contributed by atoms with Crippen LogP contribution in [-0.4, -0.2) is 55.5 Å². The Morgan fingerprint density at radius 3 is 2.07 bits per heavy atom. The lowest BCUT2D eigenvalue weighted by molar-refractivity contribution is -0.130. The maximum Gasteiger partial charge on any atom is 0.316 e. The van der Waals surface area contributed by atoms with Gasteiger partial charge in [0.1, 0.15) is 0 Å². The van der Waals surface area contributed by atoms with E-state index in [4.69, 9.17) is 0 Å². The monoisotopic (exact) mass is 215 g/mol. The SMILES string of the molecule is CCN(CC)C(=O)CCNC(=O)N(C)C. The molecule has 0 aliphatic carbocycles. The third-order valence-corrected chi connectivity index (χ3v) is 2.14. The summed E-state index contributed by atoms with van der Waals surface area (Å²) in [5, 5.41) is 2.66. The molecule has 0 radical (unpaired) electrons. The largest absolute Gasteiger partial charge is 0.343 e. The average molecular weight is 215 g/mol. The fraction of sp³-hybridized carbons (Fsp3) is 0.800. The molecule has 1 N–H and O–H groups in total. The smallest absolute Gasteiger partial charge is 0.316 e. The normalized spacial score (nSPS) is 9.60. The van der Waals surface area contributed by atoms with Crippen LogP contribution in [0, 0.1) is 0 Å². The van der Waals surface area contributed by atoms with E-state index < -0.39 is 0 Å². The van der Waals surface area contributed by atoms with Gasteiger partial charge in [-0.05, 0) is 13.8 Å². The molecule has 0 saturated heterocycles. The first-order chi connectivity index (χ1) is 7.02. The number of urea groups is 1. The molecule has 0 aliphatic rings. The topological polar surface area (TPSA) is 52.7 Å². The van der Waals surface area contributed by atoms with Crippen LogP contribution in [0.15, 0.2) is 0 Å². The van der Waals surface area contributed by atoms with E-state index >= 15 is 0 Å². The lowest BCUT2D eigenvalue weighted by Crippen LogP contribution is -2.38. The minimum absolute atomic E-state index is 0.0825. The van der Waals surface area contributed by atoms with Crippen molar-refractivity contribution in [2.24, 2.45) is 0 Å². The molecule has 0 unspecified atom stereocenters. The lowest BCUT2D eigenvalue weighted by Gasteiger charge is -2.19. The first-order valence-corrected chi connectivity index (χ1v) is 5.25. The summed E-state index contributed by atoms with van der Waals surface area (Å²) in [6.45, 7) is 5.72. The van der Waals surface area contributed by atoms with Crippen molar-refractivity contribution in [1.29, 1.82) is 0 Å². The predicted octanol–water partition coefficient (Wildman–Crippen LogP) is 0.516. The van der Waals surface area contributed by atoms with Crippen LogP contribution < -0.4 is 5.32 Å². The van der Waals surface area contributed by atoms with Crippen molar-refractivity contribution in [1.82, 2.24) is 15.1 Å². The molecular formula is C10H21N3O2. The van der Waals surface area contributed by atoms with Gasteiger partial charge in [-0.25, -0.2) is 4.79 Å². The van der Waals surface area contributed by atoms with Gasteiger partial charge in [0.15, 0.2) is 0 Å². The molecule has 0 heterocycles. The summed E-state index contributed by atoms with van der Waals surface area (Å²) in [6, 6.07) is -0.164. The molecule has 0 spiro atoms. The second-order valence-electron chi connectivity index (χ2n) is 3.44. The molecule has 0 aromatic carbocycles. The summed E-state index contributed by atoms with van der Waals surface area (Å²) in [5.41, 5.74) is 0. The van der Waals surface area contributed by atoms with Gasteiger partial charge in [-0.2, -0.15) is 0 Å². The van der Waals surface area contributed by atoms with Gasteiger partial charge in [0.05, 0.1) is 0 Å². The van der Waals surface area contributed by atoms with Crippen LogP contribution in [0.3, 0.4) is 0 Å². The molecule has 3 amide bonds. The number of rotatable bonds is 5. The predicted molar refractivity (Wildman–Crippen MR) is 59.6 cm³/mol. The van der Waals surface area contributed by atoms with Crippen molar-refractivity contribution in [3.63, 3.8) is 0 Å². The molecule has 0 rings (SSSR count). The Morgan fingerprint density at radius 2 is 1.67 bits per heavy atom. The molecule has 88 valence electrons. The van der Waals surface area contributed by atoms with E-state index in [1.54, 1.807) is 19.0 Å². The van der Waals surface area contributed by atoms with E-state index in [1.807, 2.05) is 13.8 Å². The molecule has 0 aliphatic heterocycles. The second-order valence-corrected chi connectivity index (χ2v) is 3.44. The van der Waals surface area contributed by atoms with Crippen LogP contribution >= 0.6 is 0 Å². The van der Waals surface area contributed by atoms with Gasteiger partial charge in [0, 0.05) is 40.2 Å². The minimum atomic E-state index is -0.164. The average Bonchev–Trinajstić information content (AvgIpc) is 2.19. The van der Waals surface area contributed by atoms with Crippen LogP contribution in [-0.2, 0) is 4.79 Å². The van der Waals surface area contributed by atoms with Crippen molar-refractivity contribution in [2.45, 2.75) is 20.3 Å². The van der Waals surface area contributed by atoms with Crippen LogP contribution in [0.2, 0.25) is 0 Å². The van der Waals surface area contributed by atoms with Crippen molar-refractivity contribution >= 4 is 11.9 Å². The molecular weight excluding hydrogens is 194 g/mol. The van der Waals surface area contributed by atoms with E-state index in [0.717, 1.165) is 13.1 Å². The molecule has 0 atom stereocenters. The van der Waals surface area contributed by atoms with E-state index in [0.29, 0.717) is 13.0 Å². The zero-order chi connectivity index (χ0) is 11.8. The lowest BCUT2D eigenvalue weighted by atomic mass is 10.3. The first kappa shape index (κ1) is 13.7. The molecule has 0 fully saturated rings. The number of hydrogen-bond acceptors (Lipinski definition) is 2. The van der Waals surface area contributed by atoms with E-state index in [-0.39, 0.29) is 11.9 Å². The highest BCUT2D eigenvalue weighted by Crippen LogP contribution is 1.92. The molecule has 5 heteroatoms. The Hall–Kier alpha value is -1.26. The maximum atomic E-state index is 11.5. The number of amides is 3. The fourth-order valence-corrected chi connectivity index (χ4v) is 1.17. The Labute approximate surface area is 91.4 Å². The van der Waals surface area contributed by atoms with Gasteiger partial charge in [0.2, 0.25) is 5.91 Å². The summed E-state index contributed by atoms with van der Waals surface area (Å²) < 4.78 is 0. The van der Waals surface area contributed by atoms with E-state index in [9.17, 15) is 9.59 Å². The zero-order valence-corrected chi connectivity index (χ0v) is 10.0. The van der Waals surface area contributed by atoms with Gasteiger partial charge in [-0.1, -0.05) is 0 Å². The summed E-state index contributed by atoms with van der Waals surface area (Å²) in [7, 11) is 3.34. The summed E-state index contributed by atoms with van der Waals surface area (Å²) in [6.07, 6.45) is 0.362. The van der Waals surface area contributed by atoms with Crippen LogP contribution in [0.5, 0.6) is 0 Å². The first-order valence-electron chi connectivity index (χ1n) is 5.25. The van der Waals surface area contributed by atoms with Crippen molar-refractivity contribution < 1.29 is 9.59 Å². The van der Waals surface area contributed by atoms with Crippen LogP contribution in [0.1, 0.15) is 20.3 Å². The molecule has 0 bridgehead atoms. The molecule has 5 nitrogen and oxygen atoms in total. The summed E-state index contributed by atoms with van der Waals surface area (Å²) in [4.78, 5) is 25.8. The number of hydrogen-bond donors (Lipinski definition) is 1. The molecule has 0 saturated carbocycles. The standard InChI is InChI=1S/C10H21N3O2/c1-5-13(6-2)9(14)7-8-11-10(15)12(3)4/h5-8H2,1-4H3,(H,11,15). The molecule has 0 aromatic rings. The van der Waals surface area contributed by atoms with Crippen LogP contribution in [0.4, 0.5) is 4.79 Å². The highest BCUT2D eigenvalue weighted by atomic mass is 16.2. The Bertz CT molecular complexity index is 213. The summed E-state index contributed by atoms with van der Waals surface area (Å²) in [5.74, 6) is 0.0825. The van der Waals surface area contributed by atoms with Gasteiger partial charge in [-0.3, -0.25) is 4.79 Å². The van der Waals surface area contributed by atoms with Gasteiger partial charge in [0.25, 0.3) is 0 Å². The van der Waals surface area contributed by atoms with E-state index in [2.05, 4.69) is 5.32 Å². The Morgan fingerprint density at radius 1 is 1.13 bits per heavy atom. The number of carbonyl (C=O) groups excluding carboxylic acids is 2. The van der Waals surface area contributed by atoms with Crippen LogP contribution in [0.25, 0.3) is 0 Å². The Kier molecular flexibility index (Phi) is 6.49. The van der Waals surface area contributed by atoms with Crippen molar-refractivity contribution in [3.05, 3.63) is 0 Å².